The van der Waals surface area contributed by atoms with Gasteiger partial charge in [0.15, 0.2) is 0 Å². The minimum atomic E-state index is -0.451. The molecule has 3 aromatic rings. The highest BCUT2D eigenvalue weighted by atomic mass is 16.5. The second-order valence-electron chi connectivity index (χ2n) is 21.6. The smallest absolute Gasteiger partial charge is 0.343 e. The average Bonchev–Trinajstić information content (AvgIpc) is 3.68. The highest BCUT2D eigenvalue weighted by Crippen LogP contribution is 2.67. The molecule has 8 heteroatoms. The molecule has 3 fully saturated rings. The summed E-state index contributed by atoms with van der Waals surface area (Å²) in [4.78, 5) is 30.3. The van der Waals surface area contributed by atoms with Gasteiger partial charge in [-0.05, 0) is 165 Å². The number of aliphatic imine (C=N–C) groups is 1. The molecule has 0 amide bonds. The van der Waals surface area contributed by atoms with Gasteiger partial charge in [0, 0.05) is 30.7 Å². The Morgan fingerprint density at radius 3 is 2.25 bits per heavy atom. The predicted octanol–water partition coefficient (Wildman–Crippen LogP) is 15.2. The van der Waals surface area contributed by atoms with Gasteiger partial charge in [-0.3, -0.25) is 9.79 Å². The van der Waals surface area contributed by atoms with Crippen molar-refractivity contribution in [1.82, 2.24) is 0 Å². The lowest BCUT2D eigenvalue weighted by Gasteiger charge is -2.58. The van der Waals surface area contributed by atoms with E-state index in [1.807, 2.05) is 0 Å². The number of fused-ring (bicyclic) bond motifs is 5. The third-order valence-corrected chi connectivity index (χ3v) is 16.6. The monoisotopic (exact) mass is 916 g/mol. The summed E-state index contributed by atoms with van der Waals surface area (Å²) in [6.45, 7) is 15.7. The van der Waals surface area contributed by atoms with Gasteiger partial charge in [0.05, 0.1) is 24.5 Å². The minimum absolute atomic E-state index is 0.0366. The zero-order chi connectivity index (χ0) is 47.4. The minimum Gasteiger partial charge on any atom is -0.507 e. The summed E-state index contributed by atoms with van der Waals surface area (Å²) in [5, 5.41) is 10.7. The first-order valence-electron chi connectivity index (χ1n) is 26.3. The highest BCUT2D eigenvalue weighted by Gasteiger charge is 2.59. The third-order valence-electron chi connectivity index (χ3n) is 16.6. The fraction of sp³-hybridized carbons (Fsp3) is 0.610. The van der Waals surface area contributed by atoms with Gasteiger partial charge >= 0.3 is 11.9 Å². The summed E-state index contributed by atoms with van der Waals surface area (Å²) in [6, 6.07) is 19.0. The fourth-order valence-corrected chi connectivity index (χ4v) is 12.8. The van der Waals surface area contributed by atoms with Crippen LogP contribution in [0.1, 0.15) is 179 Å². The summed E-state index contributed by atoms with van der Waals surface area (Å²) < 4.78 is 23.4. The van der Waals surface area contributed by atoms with Crippen LogP contribution in [0.25, 0.3) is 0 Å². The predicted molar refractivity (Wildman–Crippen MR) is 270 cm³/mol. The van der Waals surface area contributed by atoms with E-state index in [0.717, 1.165) is 66.9 Å². The van der Waals surface area contributed by atoms with Crippen LogP contribution in [0.3, 0.4) is 0 Å². The molecule has 67 heavy (non-hydrogen) atoms. The number of phenolic OH excluding ortho intramolecular Hbond substituents is 1. The van der Waals surface area contributed by atoms with Crippen LogP contribution in [0, 0.1) is 46.3 Å². The zero-order valence-electron chi connectivity index (χ0n) is 41.7. The van der Waals surface area contributed by atoms with Crippen LogP contribution in [0.5, 0.6) is 23.0 Å². The van der Waals surface area contributed by atoms with E-state index in [1.54, 1.807) is 78.5 Å². The van der Waals surface area contributed by atoms with Crippen LogP contribution in [0.4, 0.5) is 5.69 Å². The van der Waals surface area contributed by atoms with Crippen molar-refractivity contribution in [2.45, 2.75) is 170 Å². The number of unbranched alkanes of at least 4 members (excludes halogenated alkanes) is 5. The Balaban J connectivity index is 0.798. The lowest BCUT2D eigenvalue weighted by atomic mass is 9.47. The Morgan fingerprint density at radius 1 is 0.776 bits per heavy atom. The van der Waals surface area contributed by atoms with E-state index in [9.17, 15) is 14.7 Å². The second-order valence-corrected chi connectivity index (χ2v) is 21.6. The largest absolute Gasteiger partial charge is 0.507 e. The second kappa shape index (κ2) is 23.6. The first-order valence-corrected chi connectivity index (χ1v) is 26.3. The Morgan fingerprint density at radius 2 is 1.49 bits per heavy atom. The normalized spacial score (nSPS) is 26.0. The zero-order valence-corrected chi connectivity index (χ0v) is 41.7. The first-order chi connectivity index (χ1) is 32.4. The maximum Gasteiger partial charge on any atom is 0.343 e. The van der Waals surface area contributed by atoms with E-state index >= 15 is 0 Å². The lowest BCUT2D eigenvalue weighted by molar-refractivity contribution is -0.151. The van der Waals surface area contributed by atoms with Gasteiger partial charge < -0.3 is 24.1 Å². The van der Waals surface area contributed by atoms with Gasteiger partial charge in [0.1, 0.15) is 29.1 Å². The van der Waals surface area contributed by atoms with Crippen LogP contribution in [-0.2, 0) is 9.53 Å². The van der Waals surface area contributed by atoms with E-state index in [0.29, 0.717) is 59.8 Å². The number of esters is 2. The van der Waals surface area contributed by atoms with Gasteiger partial charge in [-0.15, -0.1) is 0 Å². The number of hydrogen-bond acceptors (Lipinski definition) is 8. The number of hydrogen-bond donors (Lipinski definition) is 1. The molecule has 8 atom stereocenters. The Kier molecular flexibility index (Phi) is 17.7. The number of benzene rings is 3. The number of carbonyl (C=O) groups is 2. The number of rotatable bonds is 23. The molecule has 0 aromatic heterocycles. The maximum atomic E-state index is 13.0. The van der Waals surface area contributed by atoms with E-state index < -0.39 is 5.97 Å². The summed E-state index contributed by atoms with van der Waals surface area (Å²) in [7, 11) is 0. The standard InChI is InChI=1S/C59H81NO7/c1-7-8-9-10-11-12-36-64-47-24-18-43(19-25-47)57(63)67-48-27-22-46(23-28-48)60-40-44-20-26-49(39-55(44)61)65-37-14-17-56(62)66-50-32-34-58(5)45(38-50)21-29-51-53-31-30-52(42(4)16-13-15-41(2)3)59(53,6)35-33-54(51)58/h18-28,39-42,50-54,61H,7-17,29-38H2,1-6H3/t42-,50+,51+,52-,53+,54+,58+,59-/m1/s1. The van der Waals surface area contributed by atoms with Crippen molar-refractivity contribution >= 4 is 23.8 Å². The molecule has 4 aliphatic rings. The summed E-state index contributed by atoms with van der Waals surface area (Å²) >= 11 is 0. The molecule has 4 aliphatic carbocycles. The number of ether oxygens (including phenoxy) is 4. The van der Waals surface area contributed by atoms with Crippen LogP contribution >= 0.6 is 0 Å². The highest BCUT2D eigenvalue weighted by molar-refractivity contribution is 5.91. The average molecular weight is 916 g/mol. The third kappa shape index (κ3) is 12.9. The van der Waals surface area contributed by atoms with Crippen LogP contribution in [0.15, 0.2) is 83.4 Å². The van der Waals surface area contributed by atoms with Crippen LogP contribution in [0.2, 0.25) is 0 Å². The Labute approximate surface area is 402 Å². The number of carbonyl (C=O) groups excluding carboxylic acids is 2. The van der Waals surface area contributed by atoms with Crippen molar-refractivity contribution in [3.8, 4) is 23.0 Å². The SMILES string of the molecule is CCCCCCCCOc1ccc(C(=O)Oc2ccc(N=Cc3ccc(OCCCC(=O)O[C@H]4CC[C@@]5(C)C(=CC[C@H]6[C@@H]7CC[C@H]([C@H](C)CCCC(C)C)[C@@]7(C)CC[C@@H]65)C4)cc3O)cc2)cc1. The van der Waals surface area contributed by atoms with Gasteiger partial charge in [0.2, 0.25) is 0 Å². The molecule has 0 bridgehead atoms. The van der Waals surface area contributed by atoms with E-state index in [4.69, 9.17) is 18.9 Å². The van der Waals surface area contributed by atoms with Crippen LogP contribution < -0.4 is 14.2 Å². The number of aromatic hydroxyl groups is 1. The van der Waals surface area contributed by atoms with Gasteiger partial charge in [-0.2, -0.15) is 0 Å². The molecule has 0 aliphatic heterocycles. The number of nitrogens with zero attached hydrogens (tertiary/aromatic N) is 1. The summed E-state index contributed by atoms with van der Waals surface area (Å²) in [6.07, 6.45) is 26.0. The van der Waals surface area contributed by atoms with Gasteiger partial charge in [-0.25, -0.2) is 4.79 Å². The molecule has 0 spiro atoms. The molecule has 0 saturated heterocycles. The van der Waals surface area contributed by atoms with Crippen LogP contribution in [-0.4, -0.2) is 42.6 Å². The molecule has 8 nitrogen and oxygen atoms in total. The maximum absolute atomic E-state index is 13.0. The summed E-state index contributed by atoms with van der Waals surface area (Å²) in [5.41, 5.74) is 3.88. The molecule has 0 radical (unpaired) electrons. The quantitative estimate of drug-likeness (QED) is 0.0332. The molecule has 3 aromatic carbocycles. The molecule has 3 saturated carbocycles. The molecule has 0 heterocycles. The number of phenols is 1. The van der Waals surface area contributed by atoms with Crippen molar-refractivity contribution in [2.24, 2.45) is 51.3 Å². The van der Waals surface area contributed by atoms with Crippen molar-refractivity contribution in [3.63, 3.8) is 0 Å². The number of allylic oxidation sites excluding steroid dienone is 1. The molecule has 1 N–H and O–H groups in total. The van der Waals surface area contributed by atoms with Crippen molar-refractivity contribution in [1.29, 1.82) is 0 Å². The fourth-order valence-electron chi connectivity index (χ4n) is 12.8. The topological polar surface area (TPSA) is 104 Å². The van der Waals surface area contributed by atoms with Gasteiger partial charge in [0.25, 0.3) is 0 Å². The lowest BCUT2D eigenvalue weighted by Crippen LogP contribution is -2.51. The van der Waals surface area contributed by atoms with Crippen molar-refractivity contribution in [2.75, 3.05) is 13.2 Å². The van der Waals surface area contributed by atoms with E-state index in [1.165, 1.54) is 83.5 Å². The Hall–Kier alpha value is -4.59. The summed E-state index contributed by atoms with van der Waals surface area (Å²) in [5.74, 6) is 6.00. The van der Waals surface area contributed by atoms with Crippen molar-refractivity contribution in [3.05, 3.63) is 89.5 Å². The Bertz CT molecular complexity index is 2130. The first kappa shape index (κ1) is 50.3. The van der Waals surface area contributed by atoms with E-state index in [2.05, 4.69) is 52.6 Å². The molecule has 364 valence electrons. The molecule has 7 rings (SSSR count). The van der Waals surface area contributed by atoms with Crippen molar-refractivity contribution < 1.29 is 33.6 Å². The molecular weight excluding hydrogens is 835 g/mol. The van der Waals surface area contributed by atoms with Gasteiger partial charge in [-0.1, -0.05) is 105 Å². The van der Waals surface area contributed by atoms with E-state index in [-0.39, 0.29) is 23.2 Å². The molecular formula is C59H81NO7. The molecule has 0 unspecified atom stereocenters.